The first-order chi connectivity index (χ1) is 20.4. The van der Waals surface area contributed by atoms with E-state index in [0.29, 0.717) is 54.1 Å². The van der Waals surface area contributed by atoms with Crippen LogP contribution in [0.4, 0.5) is 0 Å². The van der Waals surface area contributed by atoms with Crippen molar-refractivity contribution in [1.82, 2.24) is 4.57 Å². The van der Waals surface area contributed by atoms with Gasteiger partial charge in [-0.3, -0.25) is 9.36 Å². The minimum absolute atomic E-state index is 0.187. The van der Waals surface area contributed by atoms with Gasteiger partial charge in [-0.05, 0) is 41.8 Å². The van der Waals surface area contributed by atoms with Crippen molar-refractivity contribution >= 4 is 39.3 Å². The van der Waals surface area contributed by atoms with Crippen molar-refractivity contribution in [3.05, 3.63) is 124 Å². The Morgan fingerprint density at radius 2 is 1.86 bits per heavy atom. The van der Waals surface area contributed by atoms with Crippen molar-refractivity contribution in [3.63, 3.8) is 0 Å². The number of ether oxygens (including phenoxy) is 3. The monoisotopic (exact) mass is 643 g/mol. The zero-order valence-corrected chi connectivity index (χ0v) is 25.5. The van der Waals surface area contributed by atoms with Crippen LogP contribution in [-0.4, -0.2) is 24.8 Å². The van der Waals surface area contributed by atoms with E-state index in [-0.39, 0.29) is 12.2 Å². The highest BCUT2D eigenvalue weighted by Gasteiger charge is 2.33. The van der Waals surface area contributed by atoms with E-state index in [0.717, 1.165) is 11.1 Å². The van der Waals surface area contributed by atoms with Gasteiger partial charge in [0, 0.05) is 10.0 Å². The summed E-state index contributed by atoms with van der Waals surface area (Å²) in [4.78, 5) is 32.1. The summed E-state index contributed by atoms with van der Waals surface area (Å²) in [5.41, 5.74) is 3.45. The number of thiazole rings is 1. The van der Waals surface area contributed by atoms with E-state index in [2.05, 4.69) is 22.0 Å². The maximum Gasteiger partial charge on any atom is 0.338 e. The third-order valence-electron chi connectivity index (χ3n) is 6.86. The molecule has 0 bridgehead atoms. The largest absolute Gasteiger partial charge is 0.493 e. The lowest BCUT2D eigenvalue weighted by atomic mass is 9.95. The van der Waals surface area contributed by atoms with Gasteiger partial charge < -0.3 is 14.2 Å². The summed E-state index contributed by atoms with van der Waals surface area (Å²) in [6.07, 6.45) is 2.27. The Kier molecular flexibility index (Phi) is 8.71. The molecule has 0 fully saturated rings. The predicted molar refractivity (Wildman–Crippen MR) is 163 cm³/mol. The van der Waals surface area contributed by atoms with Gasteiger partial charge >= 0.3 is 5.97 Å². The Morgan fingerprint density at radius 3 is 2.55 bits per heavy atom. The fourth-order valence-electron chi connectivity index (χ4n) is 4.80. The standard InChI is InChI=1S/C32H26BrN3O5S/c1-4-24-28(31(38)40-3)29(19-10-6-5-7-11-19)36-30(37)27(42-32(36)35-24)15-22-14-25(39-2)26(16-23(22)33)41-18-21-13-9-8-12-20(21)17-34/h5-16,29H,4,18H2,1-3H3/b27-15-/t29-/m0/s1. The van der Waals surface area contributed by atoms with E-state index in [1.165, 1.54) is 25.6 Å². The maximum atomic E-state index is 13.9. The molecule has 212 valence electrons. The quantitative estimate of drug-likeness (QED) is 0.250. The third kappa shape index (κ3) is 5.53. The van der Waals surface area contributed by atoms with E-state index in [1.54, 1.807) is 34.9 Å². The van der Waals surface area contributed by atoms with Crippen molar-refractivity contribution in [2.45, 2.75) is 26.0 Å². The molecule has 42 heavy (non-hydrogen) atoms. The number of methoxy groups -OCH3 is 2. The van der Waals surface area contributed by atoms with Crippen molar-refractivity contribution in [1.29, 1.82) is 5.26 Å². The number of allylic oxidation sites excluding steroid dienone is 1. The van der Waals surface area contributed by atoms with Crippen LogP contribution in [0, 0.1) is 11.3 Å². The van der Waals surface area contributed by atoms with Crippen LogP contribution in [0.2, 0.25) is 0 Å². The summed E-state index contributed by atoms with van der Waals surface area (Å²) in [5.74, 6) is 0.435. The molecule has 1 aliphatic rings. The topological polar surface area (TPSA) is 103 Å². The molecule has 0 radical (unpaired) electrons. The number of nitrogens with zero attached hydrogens (tertiary/aromatic N) is 3. The lowest BCUT2D eigenvalue weighted by Crippen LogP contribution is -2.40. The normalized spacial score (nSPS) is 14.5. The van der Waals surface area contributed by atoms with Crippen LogP contribution < -0.4 is 24.4 Å². The molecular formula is C32H26BrN3O5S. The average molecular weight is 645 g/mol. The molecular weight excluding hydrogens is 618 g/mol. The molecule has 8 nitrogen and oxygen atoms in total. The molecule has 1 atom stereocenters. The summed E-state index contributed by atoms with van der Waals surface area (Å²) >= 11 is 4.86. The van der Waals surface area contributed by atoms with Gasteiger partial charge in [0.2, 0.25) is 0 Å². The second-order valence-electron chi connectivity index (χ2n) is 9.28. The first kappa shape index (κ1) is 29.0. The Bertz CT molecular complexity index is 1920. The molecule has 0 N–H and O–H groups in total. The number of fused-ring (bicyclic) bond motifs is 1. The van der Waals surface area contributed by atoms with Gasteiger partial charge in [-0.2, -0.15) is 5.26 Å². The van der Waals surface area contributed by atoms with E-state index in [4.69, 9.17) is 19.2 Å². The summed E-state index contributed by atoms with van der Waals surface area (Å²) in [6, 6.07) is 21.7. The molecule has 0 saturated carbocycles. The lowest BCUT2D eigenvalue weighted by molar-refractivity contribution is -0.136. The maximum absolute atomic E-state index is 13.9. The summed E-state index contributed by atoms with van der Waals surface area (Å²) in [7, 11) is 2.87. The number of carbonyl (C=O) groups is 1. The molecule has 2 heterocycles. The lowest BCUT2D eigenvalue weighted by Gasteiger charge is -2.25. The number of hydrogen-bond acceptors (Lipinski definition) is 8. The molecule has 0 unspecified atom stereocenters. The van der Waals surface area contributed by atoms with Gasteiger partial charge in [0.15, 0.2) is 16.3 Å². The molecule has 0 aliphatic carbocycles. The summed E-state index contributed by atoms with van der Waals surface area (Å²) in [5, 5.41) is 9.38. The number of hydrogen-bond donors (Lipinski definition) is 0. The Balaban J connectivity index is 1.59. The van der Waals surface area contributed by atoms with Gasteiger partial charge in [0.05, 0.1) is 47.7 Å². The third-order valence-corrected chi connectivity index (χ3v) is 8.53. The van der Waals surface area contributed by atoms with Crippen LogP contribution in [0.5, 0.6) is 11.5 Å². The van der Waals surface area contributed by atoms with E-state index < -0.39 is 12.0 Å². The van der Waals surface area contributed by atoms with Gasteiger partial charge in [0.25, 0.3) is 5.56 Å². The van der Waals surface area contributed by atoms with Crippen molar-refractivity contribution in [2.75, 3.05) is 14.2 Å². The first-order valence-electron chi connectivity index (χ1n) is 13.1. The fourth-order valence-corrected chi connectivity index (χ4v) is 6.25. The molecule has 3 aromatic carbocycles. The number of esters is 1. The zero-order chi connectivity index (χ0) is 29.8. The number of aromatic nitrogens is 1. The Hall–Kier alpha value is -4.46. The minimum atomic E-state index is -0.669. The fraction of sp³-hybridized carbons (Fsp3) is 0.188. The van der Waals surface area contributed by atoms with Crippen LogP contribution >= 0.6 is 27.3 Å². The zero-order valence-electron chi connectivity index (χ0n) is 23.1. The molecule has 0 spiro atoms. The highest BCUT2D eigenvalue weighted by molar-refractivity contribution is 9.10. The van der Waals surface area contributed by atoms with Crippen LogP contribution in [0.3, 0.4) is 0 Å². The molecule has 0 amide bonds. The molecule has 5 rings (SSSR count). The van der Waals surface area contributed by atoms with Gasteiger partial charge in [-0.1, -0.05) is 82.7 Å². The molecule has 1 aromatic heterocycles. The Morgan fingerprint density at radius 1 is 1.12 bits per heavy atom. The highest BCUT2D eigenvalue weighted by atomic mass is 79.9. The van der Waals surface area contributed by atoms with Crippen LogP contribution in [0.25, 0.3) is 6.08 Å². The summed E-state index contributed by atoms with van der Waals surface area (Å²) < 4.78 is 19.4. The van der Waals surface area contributed by atoms with Gasteiger partial charge in [-0.15, -0.1) is 0 Å². The average Bonchev–Trinajstić information content (AvgIpc) is 3.34. The first-order valence-corrected chi connectivity index (χ1v) is 14.7. The van der Waals surface area contributed by atoms with Crippen molar-refractivity contribution in [3.8, 4) is 17.6 Å². The molecule has 1 aliphatic heterocycles. The smallest absolute Gasteiger partial charge is 0.338 e. The SMILES string of the molecule is CCC1=C(C(=O)OC)[C@H](c2ccccc2)n2c(s/c(=C\c3cc(OC)c(OCc4ccccc4C#N)cc3Br)c2=O)=N1. The van der Waals surface area contributed by atoms with Crippen LogP contribution in [-0.2, 0) is 16.1 Å². The number of halogens is 1. The second kappa shape index (κ2) is 12.6. The van der Waals surface area contributed by atoms with Gasteiger partial charge in [-0.25, -0.2) is 9.79 Å². The number of carbonyl (C=O) groups excluding carboxylic acids is 1. The predicted octanol–water partition coefficient (Wildman–Crippen LogP) is 5.02. The minimum Gasteiger partial charge on any atom is -0.493 e. The number of nitriles is 1. The van der Waals surface area contributed by atoms with Crippen molar-refractivity contribution < 1.29 is 19.0 Å². The molecule has 0 saturated heterocycles. The Labute approximate surface area is 254 Å². The summed E-state index contributed by atoms with van der Waals surface area (Å²) in [6.45, 7) is 2.11. The van der Waals surface area contributed by atoms with Crippen molar-refractivity contribution in [2.24, 2.45) is 4.99 Å². The number of benzene rings is 3. The van der Waals surface area contributed by atoms with Gasteiger partial charge in [0.1, 0.15) is 6.61 Å². The second-order valence-corrected chi connectivity index (χ2v) is 11.1. The van der Waals surface area contributed by atoms with Crippen LogP contribution in [0.15, 0.2) is 92.3 Å². The van der Waals surface area contributed by atoms with E-state index in [1.807, 2.05) is 49.4 Å². The van der Waals surface area contributed by atoms with E-state index >= 15 is 0 Å². The van der Waals surface area contributed by atoms with E-state index in [9.17, 15) is 14.9 Å². The molecule has 4 aromatic rings. The molecule has 10 heteroatoms. The number of rotatable bonds is 8. The van der Waals surface area contributed by atoms with Crippen LogP contribution in [0.1, 0.15) is 41.6 Å². The highest BCUT2D eigenvalue weighted by Crippen LogP contribution is 2.35.